The first-order valence-corrected chi connectivity index (χ1v) is 11.2. The number of hydrogen-bond acceptors (Lipinski definition) is 6. The lowest BCUT2D eigenvalue weighted by atomic mass is 9.86. The van der Waals surface area contributed by atoms with Crippen LogP contribution in [0, 0.1) is 0 Å². The molecule has 1 atom stereocenters. The van der Waals surface area contributed by atoms with Gasteiger partial charge in [-0.15, -0.1) is 5.10 Å². The van der Waals surface area contributed by atoms with Crippen molar-refractivity contribution in [1.29, 1.82) is 0 Å². The lowest BCUT2D eigenvalue weighted by Crippen LogP contribution is -2.25. The summed E-state index contributed by atoms with van der Waals surface area (Å²) in [5.41, 5.74) is 12.7. The minimum atomic E-state index is -0.569. The van der Waals surface area contributed by atoms with Crippen molar-refractivity contribution < 1.29 is 9.52 Å². The van der Waals surface area contributed by atoms with Gasteiger partial charge in [-0.3, -0.25) is 0 Å². The van der Waals surface area contributed by atoms with E-state index < -0.39 is 11.5 Å². The predicted octanol–water partition coefficient (Wildman–Crippen LogP) is 3.14. The zero-order valence-electron chi connectivity index (χ0n) is 18.5. The number of rotatable bonds is 8. The number of guanidine groups is 1. The Kier molecular flexibility index (Phi) is 7.04. The zero-order valence-corrected chi connectivity index (χ0v) is 18.5. The molecule has 1 saturated heterocycles. The number of likely N-dealkylation sites (tertiary alicyclic amines) is 1. The number of nitrogens with two attached hydrogens (primary N) is 2. The molecule has 0 spiro atoms. The van der Waals surface area contributed by atoms with E-state index in [1.165, 1.54) is 12.8 Å². The second-order valence-corrected chi connectivity index (χ2v) is 8.31. The first-order chi connectivity index (χ1) is 16.0. The molecular weight excluding hydrogens is 418 g/mol. The van der Waals surface area contributed by atoms with Crippen molar-refractivity contribution in [3.8, 4) is 5.75 Å². The summed E-state index contributed by atoms with van der Waals surface area (Å²) < 4.78 is 5.57. The summed E-state index contributed by atoms with van der Waals surface area (Å²) >= 11 is 0. The van der Waals surface area contributed by atoms with E-state index in [4.69, 9.17) is 15.9 Å². The first kappa shape index (κ1) is 22.5. The highest BCUT2D eigenvalue weighted by Gasteiger charge is 2.26. The Morgan fingerprint density at radius 1 is 1.03 bits per heavy atom. The van der Waals surface area contributed by atoms with Gasteiger partial charge in [-0.2, -0.15) is 5.10 Å². The maximum absolute atomic E-state index is 13.0. The molecule has 0 saturated carbocycles. The predicted molar refractivity (Wildman–Crippen MR) is 131 cm³/mol. The average molecular weight is 448 g/mol. The van der Waals surface area contributed by atoms with Gasteiger partial charge in [-0.05, 0) is 50.0 Å². The first-order valence-electron chi connectivity index (χ1n) is 11.2. The summed E-state index contributed by atoms with van der Waals surface area (Å²) in [7, 11) is 0. The molecule has 0 aliphatic carbocycles. The van der Waals surface area contributed by atoms with Gasteiger partial charge in [-0.1, -0.05) is 42.5 Å². The smallest absolute Gasteiger partial charge is 0.343 e. The molecule has 8 nitrogen and oxygen atoms in total. The molecule has 0 radical (unpaired) electrons. The van der Waals surface area contributed by atoms with Crippen molar-refractivity contribution in [2.24, 2.45) is 21.7 Å². The lowest BCUT2D eigenvalue weighted by molar-refractivity contribution is 0.349. The molecule has 3 aromatic rings. The highest BCUT2D eigenvalue weighted by atomic mass is 16.4. The number of aromatic hydroxyl groups is 1. The molecule has 1 fully saturated rings. The van der Waals surface area contributed by atoms with E-state index in [0.29, 0.717) is 23.8 Å². The van der Waals surface area contributed by atoms with E-state index in [1.807, 2.05) is 30.3 Å². The van der Waals surface area contributed by atoms with E-state index >= 15 is 0 Å². The van der Waals surface area contributed by atoms with Gasteiger partial charge < -0.3 is 25.9 Å². The Balaban J connectivity index is 1.75. The summed E-state index contributed by atoms with van der Waals surface area (Å²) in [6.45, 7) is 2.96. The van der Waals surface area contributed by atoms with Gasteiger partial charge in [0.2, 0.25) is 5.96 Å². The van der Waals surface area contributed by atoms with E-state index in [1.54, 1.807) is 24.3 Å². The molecule has 5 N–H and O–H groups in total. The molecule has 2 heterocycles. The molecule has 4 rings (SSSR count). The van der Waals surface area contributed by atoms with Gasteiger partial charge in [-0.25, -0.2) is 4.79 Å². The van der Waals surface area contributed by atoms with Crippen LogP contribution in [0.25, 0.3) is 11.0 Å². The van der Waals surface area contributed by atoms with E-state index in [2.05, 4.69) is 15.1 Å². The minimum Gasteiger partial charge on any atom is -0.507 e. The van der Waals surface area contributed by atoms with Gasteiger partial charge in [0.1, 0.15) is 11.3 Å². The van der Waals surface area contributed by atoms with Crippen LogP contribution in [0.2, 0.25) is 0 Å². The van der Waals surface area contributed by atoms with Crippen molar-refractivity contribution in [3.63, 3.8) is 0 Å². The molecule has 0 amide bonds. The summed E-state index contributed by atoms with van der Waals surface area (Å²) in [5.74, 6) is -0.673. The van der Waals surface area contributed by atoms with Gasteiger partial charge >= 0.3 is 5.63 Å². The minimum absolute atomic E-state index is 0.0727. The number of nitrogens with zero attached hydrogens (tertiary/aromatic N) is 3. The molecule has 172 valence electrons. The molecule has 1 aliphatic rings. The Morgan fingerprint density at radius 2 is 1.73 bits per heavy atom. The van der Waals surface area contributed by atoms with Crippen LogP contribution in [-0.4, -0.2) is 41.3 Å². The lowest BCUT2D eigenvalue weighted by Gasteiger charge is -2.21. The largest absolute Gasteiger partial charge is 0.507 e. The highest BCUT2D eigenvalue weighted by Crippen LogP contribution is 2.36. The third kappa shape index (κ3) is 5.40. The number of para-hydroxylation sites is 1. The monoisotopic (exact) mass is 447 g/mol. The standard InChI is InChI=1S/C25H29N5O3/c26-25(27)29-28-18(12-15-30-13-6-7-14-30)16-20(17-8-2-1-3-9-17)22-23(31)19-10-4-5-11-21(19)33-24(22)32/h1-5,8-11,20,31H,6-7,12-16H2,(H4,26,27,29)/b28-18-/t20-/m1/s1. The molecule has 1 aliphatic heterocycles. The number of hydrogen-bond donors (Lipinski definition) is 3. The number of fused-ring (bicyclic) bond motifs is 1. The van der Waals surface area contributed by atoms with Crippen LogP contribution >= 0.6 is 0 Å². The normalized spacial score (nSPS) is 15.6. The molecule has 33 heavy (non-hydrogen) atoms. The summed E-state index contributed by atoms with van der Waals surface area (Å²) in [6, 6.07) is 16.5. The van der Waals surface area contributed by atoms with E-state index in [9.17, 15) is 9.90 Å². The number of benzene rings is 2. The summed E-state index contributed by atoms with van der Waals surface area (Å²) in [4.78, 5) is 15.4. The average Bonchev–Trinajstić information content (AvgIpc) is 3.34. The van der Waals surface area contributed by atoms with Gasteiger partial charge in [0.15, 0.2) is 0 Å². The van der Waals surface area contributed by atoms with Crippen LogP contribution in [0.15, 0.2) is 74.0 Å². The fourth-order valence-electron chi connectivity index (χ4n) is 4.38. The molecule has 1 aromatic heterocycles. The topological polar surface area (TPSA) is 130 Å². The maximum atomic E-state index is 13.0. The zero-order chi connectivity index (χ0) is 23.2. The molecule has 0 unspecified atom stereocenters. The van der Waals surface area contributed by atoms with Crippen LogP contribution in [0.5, 0.6) is 5.75 Å². The van der Waals surface area contributed by atoms with Crippen molar-refractivity contribution >= 4 is 22.6 Å². The third-order valence-electron chi connectivity index (χ3n) is 6.03. The molecular formula is C25H29N5O3. The van der Waals surface area contributed by atoms with E-state index in [0.717, 1.165) is 30.9 Å². The quantitative estimate of drug-likeness (QED) is 0.210. The SMILES string of the molecule is NC(N)=N/N=C(/CCN1CCCC1)C[C@H](c1ccccc1)c1c(O)c2ccccc2oc1=O. The summed E-state index contributed by atoms with van der Waals surface area (Å²) in [6.07, 6.45) is 3.41. The van der Waals surface area contributed by atoms with Crippen LogP contribution in [0.1, 0.15) is 42.7 Å². The van der Waals surface area contributed by atoms with Crippen molar-refractivity contribution in [2.75, 3.05) is 19.6 Å². The Labute approximate surface area is 192 Å². The maximum Gasteiger partial charge on any atom is 0.343 e. The van der Waals surface area contributed by atoms with Crippen molar-refractivity contribution in [1.82, 2.24) is 4.90 Å². The van der Waals surface area contributed by atoms with Crippen molar-refractivity contribution in [3.05, 3.63) is 76.1 Å². The third-order valence-corrected chi connectivity index (χ3v) is 6.03. The summed E-state index contributed by atoms with van der Waals surface area (Å²) in [5, 5.41) is 19.8. The van der Waals surface area contributed by atoms with Gasteiger partial charge in [0, 0.05) is 24.6 Å². The van der Waals surface area contributed by atoms with Crippen LogP contribution in [0.4, 0.5) is 0 Å². The van der Waals surface area contributed by atoms with Gasteiger partial charge in [0.25, 0.3) is 0 Å². The Hall–Kier alpha value is -3.65. The van der Waals surface area contributed by atoms with Crippen molar-refractivity contribution in [2.45, 2.75) is 31.6 Å². The van der Waals surface area contributed by atoms with E-state index in [-0.39, 0.29) is 17.3 Å². The second kappa shape index (κ2) is 10.3. The fraction of sp³-hybridized carbons (Fsp3) is 0.320. The Morgan fingerprint density at radius 3 is 2.45 bits per heavy atom. The van der Waals surface area contributed by atoms with Crippen LogP contribution in [0.3, 0.4) is 0 Å². The second-order valence-electron chi connectivity index (χ2n) is 8.31. The molecule has 8 heteroatoms. The van der Waals surface area contributed by atoms with Gasteiger partial charge in [0.05, 0.1) is 10.9 Å². The molecule has 2 aromatic carbocycles. The fourth-order valence-corrected chi connectivity index (χ4v) is 4.38. The van der Waals surface area contributed by atoms with Crippen LogP contribution < -0.4 is 17.1 Å². The van der Waals surface area contributed by atoms with Crippen LogP contribution in [-0.2, 0) is 0 Å². The molecule has 0 bridgehead atoms. The highest BCUT2D eigenvalue weighted by molar-refractivity contribution is 5.88. The Bertz CT molecular complexity index is 1210.